The second-order valence-electron chi connectivity index (χ2n) is 6.79. The largest absolute Gasteiger partial charge is 0.338 e. The predicted octanol–water partition coefficient (Wildman–Crippen LogP) is 2.67. The highest BCUT2D eigenvalue weighted by atomic mass is 19.1. The smallest absolute Gasteiger partial charge is 0.324 e. The number of carbonyl (C=O) groups excluding carboxylic acids is 1. The highest BCUT2D eigenvalue weighted by Crippen LogP contribution is 2.18. The van der Waals surface area contributed by atoms with Crippen LogP contribution in [0.3, 0.4) is 0 Å². The monoisotopic (exact) mass is 372 g/mol. The average Bonchev–Trinajstić information content (AvgIpc) is 3.22. The number of hydrogen-bond donors (Lipinski definition) is 0. The Kier molecular flexibility index (Phi) is 4.25. The van der Waals surface area contributed by atoms with Gasteiger partial charge in [0.25, 0.3) is 0 Å². The number of rotatable bonds is 2. The normalized spacial score (nSPS) is 14.3. The van der Waals surface area contributed by atoms with Crippen molar-refractivity contribution in [2.45, 2.75) is 19.3 Å². The molecule has 0 bridgehead atoms. The summed E-state index contributed by atoms with van der Waals surface area (Å²) in [5.41, 5.74) is 1.43. The molecule has 1 saturated heterocycles. The van der Waals surface area contributed by atoms with Gasteiger partial charge in [-0.25, -0.2) is 27.9 Å². The molecule has 1 fully saturated rings. The fraction of sp³-hybridized carbons (Fsp3) is 0.316. The highest BCUT2D eigenvalue weighted by Gasteiger charge is 2.25. The van der Waals surface area contributed by atoms with Gasteiger partial charge in [0.05, 0.1) is 5.52 Å². The highest BCUT2D eigenvalue weighted by molar-refractivity contribution is 5.88. The molecule has 3 aromatic rings. The van der Waals surface area contributed by atoms with Crippen LogP contribution in [0.2, 0.25) is 0 Å². The van der Waals surface area contributed by atoms with Crippen molar-refractivity contribution in [1.82, 2.24) is 19.0 Å². The number of aromatic nitrogens is 3. The molecular formula is C19H18F2N4O2. The van der Waals surface area contributed by atoms with Gasteiger partial charge in [0.15, 0.2) is 5.65 Å². The summed E-state index contributed by atoms with van der Waals surface area (Å²) in [4.78, 5) is 31.3. The van der Waals surface area contributed by atoms with Crippen molar-refractivity contribution < 1.29 is 13.6 Å². The SMILES string of the molecule is Cn1c(=O)n(C(=O)N2CCCC2)c2cc(Cc3cc(F)cc(F)c3)cnc21. The van der Waals surface area contributed by atoms with Crippen molar-refractivity contribution in [2.24, 2.45) is 7.05 Å². The van der Waals surface area contributed by atoms with Crippen molar-refractivity contribution in [1.29, 1.82) is 0 Å². The molecule has 0 atom stereocenters. The van der Waals surface area contributed by atoms with Crippen LogP contribution in [0.4, 0.5) is 13.6 Å². The Morgan fingerprint density at radius 2 is 1.74 bits per heavy atom. The molecule has 0 unspecified atom stereocenters. The fourth-order valence-corrected chi connectivity index (χ4v) is 3.53. The van der Waals surface area contributed by atoms with E-state index >= 15 is 0 Å². The van der Waals surface area contributed by atoms with Crippen molar-refractivity contribution in [2.75, 3.05) is 13.1 Å². The molecule has 0 N–H and O–H groups in total. The Morgan fingerprint density at radius 3 is 2.41 bits per heavy atom. The summed E-state index contributed by atoms with van der Waals surface area (Å²) in [5.74, 6) is -1.31. The molecule has 140 valence electrons. The number of amides is 1. The third-order valence-corrected chi connectivity index (χ3v) is 4.84. The number of nitrogens with zero attached hydrogens (tertiary/aromatic N) is 4. The van der Waals surface area contributed by atoms with Crippen molar-refractivity contribution >= 4 is 17.2 Å². The number of hydrogen-bond acceptors (Lipinski definition) is 3. The van der Waals surface area contributed by atoms with E-state index in [2.05, 4.69) is 4.98 Å². The zero-order valence-corrected chi connectivity index (χ0v) is 14.8. The molecular weight excluding hydrogens is 354 g/mol. The first kappa shape index (κ1) is 17.4. The molecule has 4 rings (SSSR count). The number of fused-ring (bicyclic) bond motifs is 1. The summed E-state index contributed by atoms with van der Waals surface area (Å²) in [6, 6.07) is 4.63. The molecule has 6 nitrogen and oxygen atoms in total. The molecule has 1 aliphatic rings. The molecule has 0 aliphatic carbocycles. The van der Waals surface area contributed by atoms with Crippen molar-refractivity contribution in [3.8, 4) is 0 Å². The first-order valence-corrected chi connectivity index (χ1v) is 8.74. The molecule has 0 radical (unpaired) electrons. The maximum atomic E-state index is 13.4. The van der Waals surface area contributed by atoms with Gasteiger partial charge in [-0.15, -0.1) is 0 Å². The number of carbonyl (C=O) groups is 1. The summed E-state index contributed by atoms with van der Waals surface area (Å²) < 4.78 is 29.3. The quantitative estimate of drug-likeness (QED) is 0.695. The van der Waals surface area contributed by atoms with Gasteiger partial charge in [0, 0.05) is 32.4 Å². The van der Waals surface area contributed by atoms with Crippen LogP contribution in [-0.4, -0.2) is 38.1 Å². The van der Waals surface area contributed by atoms with E-state index < -0.39 is 17.3 Å². The van der Waals surface area contributed by atoms with Gasteiger partial charge in [-0.2, -0.15) is 0 Å². The van der Waals surface area contributed by atoms with Gasteiger partial charge in [-0.3, -0.25) is 4.57 Å². The lowest BCUT2D eigenvalue weighted by Crippen LogP contribution is -2.38. The second kappa shape index (κ2) is 6.61. The average molecular weight is 372 g/mol. The first-order chi connectivity index (χ1) is 12.9. The Balaban J connectivity index is 1.77. The van der Waals surface area contributed by atoms with Crippen LogP contribution in [0.5, 0.6) is 0 Å². The summed E-state index contributed by atoms with van der Waals surface area (Å²) >= 11 is 0. The van der Waals surface area contributed by atoms with Gasteiger partial charge >= 0.3 is 11.7 Å². The number of halogens is 2. The van der Waals surface area contributed by atoms with Gasteiger partial charge in [-0.05, 0) is 48.6 Å². The Labute approximate surface area is 153 Å². The van der Waals surface area contributed by atoms with Crippen LogP contribution in [0, 0.1) is 11.6 Å². The van der Waals surface area contributed by atoms with E-state index in [0.717, 1.165) is 23.5 Å². The molecule has 8 heteroatoms. The van der Waals surface area contributed by atoms with Gasteiger partial charge in [0.2, 0.25) is 0 Å². The van der Waals surface area contributed by atoms with Crippen LogP contribution < -0.4 is 5.69 Å². The fourth-order valence-electron chi connectivity index (χ4n) is 3.53. The standard InChI is InChI=1S/C19H18F2N4O2/c1-23-17-16(25(18(23)26)19(27)24-4-2-3-5-24)9-13(11-22-17)6-12-7-14(20)10-15(21)8-12/h7-11H,2-6H2,1H3. The zero-order chi connectivity index (χ0) is 19.1. The van der Waals surface area contributed by atoms with E-state index in [1.54, 1.807) is 24.2 Å². The Hall–Kier alpha value is -3.03. The minimum absolute atomic E-state index is 0.235. The van der Waals surface area contributed by atoms with E-state index in [1.807, 2.05) is 0 Å². The van der Waals surface area contributed by atoms with Crippen LogP contribution in [0.25, 0.3) is 11.2 Å². The van der Waals surface area contributed by atoms with E-state index in [0.29, 0.717) is 35.4 Å². The second-order valence-corrected chi connectivity index (χ2v) is 6.79. The number of likely N-dealkylation sites (tertiary alicyclic amines) is 1. The van der Waals surface area contributed by atoms with Crippen LogP contribution >= 0.6 is 0 Å². The minimum atomic E-state index is -0.653. The van der Waals surface area contributed by atoms with Crippen molar-refractivity contribution in [3.63, 3.8) is 0 Å². The molecule has 27 heavy (non-hydrogen) atoms. The molecule has 1 amide bonds. The summed E-state index contributed by atoms with van der Waals surface area (Å²) in [7, 11) is 1.56. The number of imidazole rings is 1. The van der Waals surface area contributed by atoms with Gasteiger partial charge < -0.3 is 4.90 Å². The van der Waals surface area contributed by atoms with Gasteiger partial charge in [0.1, 0.15) is 11.6 Å². The topological polar surface area (TPSA) is 60.1 Å². The Bertz CT molecular complexity index is 1080. The molecule has 2 aromatic heterocycles. The van der Waals surface area contributed by atoms with Crippen LogP contribution in [-0.2, 0) is 13.5 Å². The number of benzene rings is 1. The predicted molar refractivity (Wildman–Crippen MR) is 95.7 cm³/mol. The molecule has 1 aromatic carbocycles. The molecule has 3 heterocycles. The van der Waals surface area contributed by atoms with Gasteiger partial charge in [-0.1, -0.05) is 0 Å². The minimum Gasteiger partial charge on any atom is -0.324 e. The van der Waals surface area contributed by atoms with E-state index in [4.69, 9.17) is 0 Å². The molecule has 0 saturated carbocycles. The van der Waals surface area contributed by atoms with E-state index in [-0.39, 0.29) is 12.5 Å². The maximum absolute atomic E-state index is 13.4. The third-order valence-electron chi connectivity index (χ3n) is 4.84. The molecule has 0 spiro atoms. The lowest BCUT2D eigenvalue weighted by Gasteiger charge is -2.15. The third kappa shape index (κ3) is 3.11. The summed E-state index contributed by atoms with van der Waals surface area (Å²) in [5, 5.41) is 0. The first-order valence-electron chi connectivity index (χ1n) is 8.74. The van der Waals surface area contributed by atoms with Crippen molar-refractivity contribution in [3.05, 3.63) is 63.7 Å². The lowest BCUT2D eigenvalue weighted by molar-refractivity contribution is 0.210. The summed E-state index contributed by atoms with van der Waals surface area (Å²) in [6.45, 7) is 1.24. The molecule has 1 aliphatic heterocycles. The van der Waals surface area contributed by atoms with Crippen LogP contribution in [0.1, 0.15) is 24.0 Å². The summed E-state index contributed by atoms with van der Waals surface area (Å²) in [6.07, 6.45) is 3.62. The lowest BCUT2D eigenvalue weighted by atomic mass is 10.1. The van der Waals surface area contributed by atoms with E-state index in [1.165, 1.54) is 16.7 Å². The number of pyridine rings is 1. The van der Waals surface area contributed by atoms with Crippen LogP contribution in [0.15, 0.2) is 35.3 Å². The van der Waals surface area contributed by atoms with E-state index in [9.17, 15) is 18.4 Å². The maximum Gasteiger partial charge on any atom is 0.338 e. The zero-order valence-electron chi connectivity index (χ0n) is 14.8. The number of aryl methyl sites for hydroxylation is 1. The Morgan fingerprint density at radius 1 is 1.07 bits per heavy atom.